The first-order valence-electron chi connectivity index (χ1n) is 7.93. The van der Waals surface area contributed by atoms with E-state index >= 15 is 0 Å². The lowest BCUT2D eigenvalue weighted by Crippen LogP contribution is -2.36. The summed E-state index contributed by atoms with van der Waals surface area (Å²) in [5.74, 6) is 0. The molecule has 2 aromatic heterocycles. The second-order valence-corrected chi connectivity index (χ2v) is 9.93. The molecule has 0 aliphatic rings. The van der Waals surface area contributed by atoms with Gasteiger partial charge in [-0.1, -0.05) is 20.8 Å². The van der Waals surface area contributed by atoms with Gasteiger partial charge in [-0.25, -0.2) is 17.2 Å². The van der Waals surface area contributed by atoms with E-state index < -0.39 is 16.1 Å². The summed E-state index contributed by atoms with van der Waals surface area (Å²) in [6.07, 6.45) is 1.69. The summed E-state index contributed by atoms with van der Waals surface area (Å²) in [5.41, 5.74) is 1.08. The summed E-state index contributed by atoms with van der Waals surface area (Å²) in [7, 11) is -3.82. The summed E-state index contributed by atoms with van der Waals surface area (Å²) < 4.78 is 27.0. The lowest BCUT2D eigenvalue weighted by Gasteiger charge is -2.27. The fourth-order valence-corrected chi connectivity index (χ4v) is 4.62. The maximum Gasteiger partial charge on any atom is 0.407 e. The van der Waals surface area contributed by atoms with Crippen molar-refractivity contribution in [1.82, 2.24) is 13.9 Å². The number of amides is 1. The molecule has 0 aliphatic heterocycles. The Morgan fingerprint density at radius 1 is 1.35 bits per heavy atom. The van der Waals surface area contributed by atoms with Crippen molar-refractivity contribution in [2.24, 2.45) is 5.41 Å². The molecule has 2 rings (SSSR count). The zero-order chi connectivity index (χ0) is 19.7. The van der Waals surface area contributed by atoms with Crippen molar-refractivity contribution in [3.63, 3.8) is 0 Å². The lowest BCUT2D eigenvalue weighted by molar-refractivity contribution is 0.123. The van der Waals surface area contributed by atoms with Gasteiger partial charge in [0, 0.05) is 24.6 Å². The first-order chi connectivity index (χ1) is 11.9. The highest BCUT2D eigenvalue weighted by Crippen LogP contribution is 2.24. The largest absolute Gasteiger partial charge is 0.465 e. The van der Waals surface area contributed by atoms with Gasteiger partial charge in [0.15, 0.2) is 0 Å². The Kier molecular flexibility index (Phi) is 5.82. The Morgan fingerprint density at radius 2 is 2.00 bits per heavy atom. The van der Waals surface area contributed by atoms with Crippen LogP contribution in [0.4, 0.5) is 4.79 Å². The molecule has 0 unspecified atom stereocenters. The summed E-state index contributed by atoms with van der Waals surface area (Å²) in [6, 6.07) is 4.73. The molecule has 9 heteroatoms. The van der Waals surface area contributed by atoms with Crippen LogP contribution in [0.25, 0.3) is 0 Å². The summed E-state index contributed by atoms with van der Waals surface area (Å²) >= 11 is 3.25. The van der Waals surface area contributed by atoms with Crippen molar-refractivity contribution in [2.75, 3.05) is 6.54 Å². The first-order valence-corrected chi connectivity index (χ1v) is 10.2. The van der Waals surface area contributed by atoms with Gasteiger partial charge < -0.3 is 10.0 Å². The smallest absolute Gasteiger partial charge is 0.407 e. The molecule has 0 fully saturated rings. The Bertz CT molecular complexity index is 899. The highest BCUT2D eigenvalue weighted by Gasteiger charge is 2.24. The number of pyridine rings is 1. The number of hydrogen-bond acceptors (Lipinski definition) is 4. The Balaban J connectivity index is 2.33. The molecule has 0 spiro atoms. The normalized spacial score (nSPS) is 12.2. The minimum absolute atomic E-state index is 0.0655. The van der Waals surface area contributed by atoms with Crippen LogP contribution >= 0.6 is 15.9 Å². The van der Waals surface area contributed by atoms with Crippen molar-refractivity contribution in [3.8, 4) is 0 Å². The van der Waals surface area contributed by atoms with Gasteiger partial charge in [0.25, 0.3) is 10.0 Å². The van der Waals surface area contributed by atoms with E-state index in [4.69, 9.17) is 0 Å². The molecule has 0 saturated carbocycles. The Labute approximate surface area is 161 Å². The fraction of sp³-hybridized carbons (Fsp3) is 0.412. The van der Waals surface area contributed by atoms with E-state index in [0.717, 1.165) is 9.67 Å². The van der Waals surface area contributed by atoms with Gasteiger partial charge in [0.2, 0.25) is 0 Å². The van der Waals surface area contributed by atoms with Crippen LogP contribution in [0.2, 0.25) is 0 Å². The van der Waals surface area contributed by atoms with Gasteiger partial charge in [-0.05, 0) is 52.0 Å². The van der Waals surface area contributed by atoms with Crippen molar-refractivity contribution in [2.45, 2.75) is 39.1 Å². The molecule has 26 heavy (non-hydrogen) atoms. The number of hydrogen-bond donors (Lipinski definition) is 1. The van der Waals surface area contributed by atoms with Crippen LogP contribution in [0, 0.1) is 12.3 Å². The lowest BCUT2D eigenvalue weighted by atomic mass is 9.96. The summed E-state index contributed by atoms with van der Waals surface area (Å²) in [4.78, 5) is 16.9. The average molecular weight is 444 g/mol. The molecule has 2 aromatic rings. The molecule has 0 atom stereocenters. The molecule has 0 radical (unpaired) electrons. The van der Waals surface area contributed by atoms with Crippen LogP contribution in [-0.4, -0.2) is 40.0 Å². The standard InChI is InChI=1S/C17H22BrN3O4S/c1-12-5-6-14(8-19-12)26(24,25)21-10-13(7-15(21)18)9-20(16(22)23)11-17(2,3)4/h5-8,10H,9,11H2,1-4H3,(H,22,23). The van der Waals surface area contributed by atoms with Crippen LogP contribution in [0.15, 0.2) is 40.1 Å². The number of halogens is 1. The first kappa shape index (κ1) is 20.4. The fourth-order valence-electron chi connectivity index (χ4n) is 2.44. The van der Waals surface area contributed by atoms with Crippen LogP contribution in [0.3, 0.4) is 0 Å². The van der Waals surface area contributed by atoms with Crippen molar-refractivity contribution in [1.29, 1.82) is 0 Å². The molecule has 0 bridgehead atoms. The Morgan fingerprint density at radius 3 is 2.50 bits per heavy atom. The van der Waals surface area contributed by atoms with Gasteiger partial charge >= 0.3 is 6.09 Å². The van der Waals surface area contributed by atoms with Gasteiger partial charge in [-0.2, -0.15) is 0 Å². The van der Waals surface area contributed by atoms with E-state index in [0.29, 0.717) is 16.7 Å². The van der Waals surface area contributed by atoms with E-state index in [9.17, 15) is 18.3 Å². The quantitative estimate of drug-likeness (QED) is 0.759. The number of rotatable bonds is 5. The number of nitrogens with zero attached hydrogens (tertiary/aromatic N) is 3. The topological polar surface area (TPSA) is 92.5 Å². The zero-order valence-corrected chi connectivity index (χ0v) is 17.5. The third kappa shape index (κ3) is 4.85. The third-order valence-electron chi connectivity index (χ3n) is 3.55. The molecule has 0 saturated heterocycles. The summed E-state index contributed by atoms with van der Waals surface area (Å²) in [5, 5.41) is 9.42. The molecular formula is C17H22BrN3O4S. The average Bonchev–Trinajstić information content (AvgIpc) is 2.87. The second kappa shape index (κ2) is 7.40. The molecule has 0 aromatic carbocycles. The van der Waals surface area contributed by atoms with Crippen LogP contribution < -0.4 is 0 Å². The number of aromatic nitrogens is 2. The monoisotopic (exact) mass is 443 g/mol. The molecular weight excluding hydrogens is 422 g/mol. The van der Waals surface area contributed by atoms with Crippen LogP contribution in [0.5, 0.6) is 0 Å². The van der Waals surface area contributed by atoms with Crippen LogP contribution in [0.1, 0.15) is 32.0 Å². The molecule has 142 valence electrons. The number of carboxylic acid groups (broad SMARTS) is 1. The van der Waals surface area contributed by atoms with Gasteiger partial charge in [-0.3, -0.25) is 4.98 Å². The SMILES string of the molecule is Cc1ccc(S(=O)(=O)n2cc(CN(CC(C)(C)C)C(=O)O)cc2Br)cn1. The van der Waals surface area contributed by atoms with E-state index in [1.54, 1.807) is 19.1 Å². The predicted molar refractivity (Wildman–Crippen MR) is 102 cm³/mol. The van der Waals surface area contributed by atoms with Crippen molar-refractivity contribution >= 4 is 32.0 Å². The van der Waals surface area contributed by atoms with Gasteiger partial charge in [-0.15, -0.1) is 0 Å². The Hall–Kier alpha value is -1.87. The van der Waals surface area contributed by atoms with Gasteiger partial charge in [0.05, 0.1) is 6.54 Å². The van der Waals surface area contributed by atoms with E-state index in [1.165, 1.54) is 23.4 Å². The third-order valence-corrected chi connectivity index (χ3v) is 6.05. The molecule has 2 heterocycles. The minimum Gasteiger partial charge on any atom is -0.465 e. The second-order valence-electron chi connectivity index (χ2n) is 7.31. The highest BCUT2D eigenvalue weighted by molar-refractivity contribution is 9.10. The molecule has 1 amide bonds. The molecule has 7 nitrogen and oxygen atoms in total. The van der Waals surface area contributed by atoms with Crippen molar-refractivity contribution in [3.05, 3.63) is 46.5 Å². The maximum absolute atomic E-state index is 12.8. The molecule has 0 aliphatic carbocycles. The maximum atomic E-state index is 12.8. The highest BCUT2D eigenvalue weighted by atomic mass is 79.9. The van der Waals surface area contributed by atoms with Crippen molar-refractivity contribution < 1.29 is 18.3 Å². The van der Waals surface area contributed by atoms with Crippen LogP contribution in [-0.2, 0) is 16.6 Å². The summed E-state index contributed by atoms with van der Waals surface area (Å²) in [6.45, 7) is 8.03. The zero-order valence-electron chi connectivity index (χ0n) is 15.1. The van der Waals surface area contributed by atoms with E-state index in [1.807, 2.05) is 20.8 Å². The molecule has 1 N–H and O–H groups in total. The predicted octanol–water partition coefficient (Wildman–Crippen LogP) is 3.72. The van der Waals surface area contributed by atoms with Gasteiger partial charge in [0.1, 0.15) is 9.50 Å². The number of aryl methyl sites for hydroxylation is 1. The van der Waals surface area contributed by atoms with E-state index in [2.05, 4.69) is 20.9 Å². The minimum atomic E-state index is -3.82. The van der Waals surface area contributed by atoms with E-state index in [-0.39, 0.29) is 16.9 Å². The number of carbonyl (C=O) groups is 1.